The highest BCUT2D eigenvalue weighted by Crippen LogP contribution is 2.31. The molecule has 160 valence electrons. The summed E-state index contributed by atoms with van der Waals surface area (Å²) in [5, 5.41) is 8.48. The second-order valence-electron chi connectivity index (χ2n) is 7.74. The van der Waals surface area contributed by atoms with E-state index in [0.29, 0.717) is 34.3 Å². The Kier molecular flexibility index (Phi) is 4.89. The average molecular weight is 430 g/mol. The molecule has 0 saturated carbocycles. The number of nitrogens with two attached hydrogens (primary N) is 1. The lowest BCUT2D eigenvalue weighted by Crippen LogP contribution is -2.08. The van der Waals surface area contributed by atoms with Gasteiger partial charge in [0.05, 0.1) is 12.2 Å². The van der Waals surface area contributed by atoms with Gasteiger partial charge in [0.25, 0.3) is 0 Å². The Morgan fingerprint density at radius 3 is 2.53 bits per heavy atom. The lowest BCUT2D eigenvalue weighted by molar-refractivity contribution is 0.488. The molecule has 0 amide bonds. The van der Waals surface area contributed by atoms with Crippen molar-refractivity contribution in [3.05, 3.63) is 90.4 Å². The summed E-state index contributed by atoms with van der Waals surface area (Å²) in [6.07, 6.45) is 5.88. The first kappa shape index (κ1) is 19.9. The van der Waals surface area contributed by atoms with E-state index in [1.165, 1.54) is 12.1 Å². The van der Waals surface area contributed by atoms with E-state index in [9.17, 15) is 4.39 Å². The van der Waals surface area contributed by atoms with Gasteiger partial charge in [0.1, 0.15) is 11.6 Å². The Morgan fingerprint density at radius 1 is 1.00 bits per heavy atom. The minimum Gasteiger partial charge on any atom is -0.366 e. The van der Waals surface area contributed by atoms with Crippen molar-refractivity contribution in [1.29, 1.82) is 0 Å². The molecule has 32 heavy (non-hydrogen) atoms. The van der Waals surface area contributed by atoms with Gasteiger partial charge in [0.2, 0.25) is 5.95 Å². The Morgan fingerprint density at radius 2 is 1.75 bits per heavy atom. The van der Waals surface area contributed by atoms with E-state index in [4.69, 9.17) is 5.73 Å². The third-order valence-corrected chi connectivity index (χ3v) is 5.47. The molecule has 0 aliphatic rings. The van der Waals surface area contributed by atoms with Gasteiger partial charge in [-0.3, -0.25) is 4.68 Å². The second-order valence-corrected chi connectivity index (χ2v) is 7.74. The maximum absolute atomic E-state index is 15.5. The number of fused-ring (bicyclic) bond motifs is 1. The number of pyridine rings is 1. The molecule has 1 unspecified atom stereocenters. The normalized spacial score (nSPS) is 12.3. The predicted octanol–water partition coefficient (Wildman–Crippen LogP) is 4.92. The minimum absolute atomic E-state index is 0.0289. The number of aromatic nitrogens is 5. The van der Waals surface area contributed by atoms with E-state index in [1.807, 2.05) is 19.2 Å². The summed E-state index contributed by atoms with van der Waals surface area (Å²) in [6.45, 7) is 2.02. The molecule has 0 aliphatic carbocycles. The first-order chi connectivity index (χ1) is 15.5. The predicted molar refractivity (Wildman–Crippen MR) is 119 cm³/mol. The molecule has 0 radical (unpaired) electrons. The summed E-state index contributed by atoms with van der Waals surface area (Å²) < 4.78 is 32.0. The number of nitrogens with zero attached hydrogens (tertiary/aromatic N) is 5. The van der Waals surface area contributed by atoms with Crippen molar-refractivity contribution in [1.82, 2.24) is 24.4 Å². The molecule has 6 nitrogen and oxygen atoms in total. The third kappa shape index (κ3) is 3.71. The molecule has 0 fully saturated rings. The molecule has 2 aromatic carbocycles. The molecule has 0 saturated heterocycles. The van der Waals surface area contributed by atoms with Crippen LogP contribution in [0.2, 0.25) is 0 Å². The van der Waals surface area contributed by atoms with Gasteiger partial charge < -0.3 is 5.73 Å². The highest BCUT2D eigenvalue weighted by atomic mass is 19.1. The van der Waals surface area contributed by atoms with Crippen molar-refractivity contribution in [2.45, 2.75) is 19.4 Å². The zero-order valence-electron chi connectivity index (χ0n) is 17.3. The Hall–Kier alpha value is -4.07. The van der Waals surface area contributed by atoms with Gasteiger partial charge in [0.15, 0.2) is 5.65 Å². The zero-order valence-corrected chi connectivity index (χ0v) is 17.3. The molecule has 0 aliphatic heterocycles. The number of benzene rings is 2. The third-order valence-electron chi connectivity index (χ3n) is 5.47. The number of nitrogen functional groups attached to an aromatic ring is 1. The molecule has 1 atom stereocenters. The minimum atomic E-state index is -0.338. The molecule has 8 heteroatoms. The highest BCUT2D eigenvalue weighted by molar-refractivity contribution is 5.75. The monoisotopic (exact) mass is 430 g/mol. The lowest BCUT2D eigenvalue weighted by Gasteiger charge is -2.12. The molecule has 3 heterocycles. The lowest BCUT2D eigenvalue weighted by atomic mass is 10.0. The van der Waals surface area contributed by atoms with Crippen LogP contribution in [-0.4, -0.2) is 24.4 Å². The zero-order chi connectivity index (χ0) is 22.2. The van der Waals surface area contributed by atoms with E-state index in [0.717, 1.165) is 5.56 Å². The van der Waals surface area contributed by atoms with E-state index in [2.05, 4.69) is 15.2 Å². The summed E-state index contributed by atoms with van der Waals surface area (Å²) in [6, 6.07) is 15.3. The van der Waals surface area contributed by atoms with Gasteiger partial charge in [-0.1, -0.05) is 30.3 Å². The van der Waals surface area contributed by atoms with E-state index in [1.54, 1.807) is 58.0 Å². The number of hydrogen-bond acceptors (Lipinski definition) is 4. The summed E-state index contributed by atoms with van der Waals surface area (Å²) >= 11 is 0. The molecule has 0 bridgehead atoms. The smallest absolute Gasteiger partial charge is 0.240 e. The van der Waals surface area contributed by atoms with Crippen LogP contribution in [0.1, 0.15) is 18.5 Å². The molecule has 0 spiro atoms. The maximum Gasteiger partial charge on any atom is 0.240 e. The van der Waals surface area contributed by atoms with Gasteiger partial charge >= 0.3 is 0 Å². The SMILES string of the molecule is CC(Cc1ccc(F)cc1)n1cc(-c2cccc(-c3ccn4nc(N)nc4c3)c2F)cn1. The average Bonchev–Trinajstić information content (AvgIpc) is 3.41. The Balaban J connectivity index is 1.44. The van der Waals surface area contributed by atoms with Crippen LogP contribution in [0.25, 0.3) is 27.9 Å². The van der Waals surface area contributed by atoms with Gasteiger partial charge in [-0.15, -0.1) is 5.10 Å². The van der Waals surface area contributed by atoms with Crippen LogP contribution in [0.15, 0.2) is 73.2 Å². The topological polar surface area (TPSA) is 74.0 Å². The first-order valence-corrected chi connectivity index (χ1v) is 10.2. The van der Waals surface area contributed by atoms with Crippen molar-refractivity contribution in [2.24, 2.45) is 0 Å². The van der Waals surface area contributed by atoms with Crippen molar-refractivity contribution >= 4 is 11.6 Å². The van der Waals surface area contributed by atoms with Crippen molar-refractivity contribution in [3.63, 3.8) is 0 Å². The molecule has 5 aromatic rings. The molecule has 3 aromatic heterocycles. The van der Waals surface area contributed by atoms with E-state index in [-0.39, 0.29) is 23.6 Å². The maximum atomic E-state index is 15.5. The largest absolute Gasteiger partial charge is 0.366 e. The van der Waals surface area contributed by atoms with Crippen LogP contribution in [0.4, 0.5) is 14.7 Å². The van der Waals surface area contributed by atoms with Crippen molar-refractivity contribution in [3.8, 4) is 22.3 Å². The number of halogens is 2. The molecule has 2 N–H and O–H groups in total. The van der Waals surface area contributed by atoms with E-state index >= 15 is 4.39 Å². The highest BCUT2D eigenvalue weighted by Gasteiger charge is 2.15. The van der Waals surface area contributed by atoms with Crippen LogP contribution in [0, 0.1) is 11.6 Å². The Labute approximate surface area is 183 Å². The van der Waals surface area contributed by atoms with Crippen molar-refractivity contribution < 1.29 is 8.78 Å². The summed E-state index contributed by atoms with van der Waals surface area (Å²) in [4.78, 5) is 4.14. The van der Waals surface area contributed by atoms with Gasteiger partial charge in [-0.25, -0.2) is 13.3 Å². The van der Waals surface area contributed by atoms with Crippen molar-refractivity contribution in [2.75, 3.05) is 5.73 Å². The van der Waals surface area contributed by atoms with Crippen LogP contribution in [0.5, 0.6) is 0 Å². The van der Waals surface area contributed by atoms with E-state index < -0.39 is 0 Å². The number of hydrogen-bond donors (Lipinski definition) is 1. The summed E-state index contributed by atoms with van der Waals surface area (Å²) in [5.41, 5.74) is 9.49. The fraction of sp³-hybridized carbons (Fsp3) is 0.125. The molecule has 5 rings (SSSR count). The summed E-state index contributed by atoms with van der Waals surface area (Å²) in [7, 11) is 0. The molecular formula is C24H20F2N6. The standard InChI is InChI=1S/C24H20F2N6/c1-15(11-16-5-7-19(25)8-6-16)32-14-18(13-28-32)21-4-2-3-20(23(21)26)17-9-10-31-22(12-17)29-24(27)30-31/h2-10,12-15H,11H2,1H3,(H2,27,30). The Bertz CT molecular complexity index is 1400. The van der Waals surface area contributed by atoms with Gasteiger partial charge in [-0.05, 0) is 48.7 Å². The van der Waals surface area contributed by atoms with Crippen LogP contribution in [0.3, 0.4) is 0 Å². The number of anilines is 1. The summed E-state index contributed by atoms with van der Waals surface area (Å²) in [5.74, 6) is -0.432. The number of rotatable bonds is 5. The first-order valence-electron chi connectivity index (χ1n) is 10.2. The van der Waals surface area contributed by atoms with Crippen LogP contribution in [-0.2, 0) is 6.42 Å². The quantitative estimate of drug-likeness (QED) is 0.429. The second kappa shape index (κ2) is 7.88. The molecular weight excluding hydrogens is 410 g/mol. The van der Waals surface area contributed by atoms with Crippen LogP contribution >= 0.6 is 0 Å². The van der Waals surface area contributed by atoms with Gasteiger partial charge in [-0.2, -0.15) is 10.1 Å². The fourth-order valence-electron chi connectivity index (χ4n) is 3.82. The fourth-order valence-corrected chi connectivity index (χ4v) is 3.82. The van der Waals surface area contributed by atoms with Gasteiger partial charge in [0, 0.05) is 29.1 Å². The van der Waals surface area contributed by atoms with Crippen LogP contribution < -0.4 is 5.73 Å².